The fourth-order valence-electron chi connectivity index (χ4n) is 2.40. The van der Waals surface area contributed by atoms with Crippen LogP contribution < -0.4 is 5.32 Å². The van der Waals surface area contributed by atoms with Crippen LogP contribution in [-0.2, 0) is 0 Å². The molecule has 0 aromatic heterocycles. The minimum Gasteiger partial charge on any atom is -0.504 e. The SMILES string of the molecule is Cc1cc(O)c(O)cc1C(O)NC1CCCC1. The van der Waals surface area contributed by atoms with Gasteiger partial charge in [0, 0.05) is 11.6 Å². The van der Waals surface area contributed by atoms with Crippen molar-refractivity contribution in [1.29, 1.82) is 0 Å². The fourth-order valence-corrected chi connectivity index (χ4v) is 2.40. The Kier molecular flexibility index (Phi) is 3.54. The predicted octanol–water partition coefficient (Wildman–Crippen LogP) is 1.93. The molecule has 0 spiro atoms. The Balaban J connectivity index is 2.12. The molecule has 0 radical (unpaired) electrons. The van der Waals surface area contributed by atoms with E-state index >= 15 is 0 Å². The van der Waals surface area contributed by atoms with Crippen molar-refractivity contribution in [2.75, 3.05) is 0 Å². The third kappa shape index (κ3) is 2.70. The van der Waals surface area contributed by atoms with Crippen molar-refractivity contribution in [2.24, 2.45) is 0 Å². The number of benzene rings is 1. The van der Waals surface area contributed by atoms with E-state index in [0.717, 1.165) is 18.4 Å². The largest absolute Gasteiger partial charge is 0.504 e. The average molecular weight is 237 g/mol. The number of hydrogen-bond acceptors (Lipinski definition) is 4. The molecule has 17 heavy (non-hydrogen) atoms. The van der Waals surface area contributed by atoms with Crippen LogP contribution in [0.15, 0.2) is 12.1 Å². The number of hydrogen-bond donors (Lipinski definition) is 4. The van der Waals surface area contributed by atoms with Gasteiger partial charge in [-0.25, -0.2) is 0 Å². The van der Waals surface area contributed by atoms with Gasteiger partial charge in [-0.3, -0.25) is 5.32 Å². The molecule has 1 aromatic carbocycles. The van der Waals surface area contributed by atoms with Crippen LogP contribution in [0.1, 0.15) is 43.0 Å². The molecule has 1 aliphatic carbocycles. The van der Waals surface area contributed by atoms with Gasteiger partial charge in [-0.2, -0.15) is 0 Å². The summed E-state index contributed by atoms with van der Waals surface area (Å²) in [6.07, 6.45) is 3.78. The number of phenols is 2. The molecular formula is C13H19NO3. The van der Waals surface area contributed by atoms with E-state index in [4.69, 9.17) is 0 Å². The van der Waals surface area contributed by atoms with E-state index in [0.29, 0.717) is 11.6 Å². The predicted molar refractivity (Wildman–Crippen MR) is 64.9 cm³/mol. The highest BCUT2D eigenvalue weighted by Crippen LogP contribution is 2.31. The van der Waals surface area contributed by atoms with Crippen LogP contribution in [0.4, 0.5) is 0 Å². The summed E-state index contributed by atoms with van der Waals surface area (Å²) in [5, 5.41) is 32.0. The van der Waals surface area contributed by atoms with Crippen molar-refractivity contribution in [3.63, 3.8) is 0 Å². The van der Waals surface area contributed by atoms with E-state index in [1.54, 1.807) is 6.92 Å². The zero-order valence-corrected chi connectivity index (χ0v) is 9.98. The van der Waals surface area contributed by atoms with Gasteiger partial charge >= 0.3 is 0 Å². The molecule has 4 heteroatoms. The number of rotatable bonds is 3. The van der Waals surface area contributed by atoms with Gasteiger partial charge in [-0.15, -0.1) is 0 Å². The van der Waals surface area contributed by atoms with Crippen LogP contribution in [0.25, 0.3) is 0 Å². The first-order valence-electron chi connectivity index (χ1n) is 6.04. The first kappa shape index (κ1) is 12.2. The van der Waals surface area contributed by atoms with Crippen molar-refractivity contribution in [3.8, 4) is 11.5 Å². The van der Waals surface area contributed by atoms with Gasteiger partial charge < -0.3 is 15.3 Å². The molecule has 0 saturated heterocycles. The van der Waals surface area contributed by atoms with Gasteiger partial charge in [-0.1, -0.05) is 12.8 Å². The summed E-state index contributed by atoms with van der Waals surface area (Å²) in [5.41, 5.74) is 1.38. The van der Waals surface area contributed by atoms with Crippen LogP contribution in [0.2, 0.25) is 0 Å². The second-order valence-electron chi connectivity index (χ2n) is 4.75. The number of aromatic hydroxyl groups is 2. The van der Waals surface area contributed by atoms with Gasteiger partial charge in [-0.05, 0) is 37.5 Å². The standard InChI is InChI=1S/C13H19NO3/c1-8-6-11(15)12(16)7-10(8)13(17)14-9-4-2-3-5-9/h6-7,9,13-17H,2-5H2,1H3. The lowest BCUT2D eigenvalue weighted by atomic mass is 10.1. The summed E-state index contributed by atoms with van der Waals surface area (Å²) in [5.74, 6) is -0.350. The Morgan fingerprint density at radius 2 is 1.76 bits per heavy atom. The Bertz CT molecular complexity index is 400. The zero-order valence-electron chi connectivity index (χ0n) is 9.98. The van der Waals surface area contributed by atoms with Gasteiger partial charge in [0.25, 0.3) is 0 Å². The van der Waals surface area contributed by atoms with Gasteiger partial charge in [0.2, 0.25) is 0 Å². The maximum atomic E-state index is 10.1. The quantitative estimate of drug-likeness (QED) is 0.479. The highest BCUT2D eigenvalue weighted by Gasteiger charge is 2.20. The minimum atomic E-state index is -0.787. The van der Waals surface area contributed by atoms with Gasteiger partial charge in [0.05, 0.1) is 0 Å². The summed E-state index contributed by atoms with van der Waals surface area (Å²) in [7, 11) is 0. The second-order valence-corrected chi connectivity index (χ2v) is 4.75. The normalized spacial score (nSPS) is 18.5. The van der Waals surface area contributed by atoms with E-state index in [1.165, 1.54) is 25.0 Å². The number of aliphatic hydroxyl groups is 1. The lowest BCUT2D eigenvalue weighted by Gasteiger charge is -2.20. The lowest BCUT2D eigenvalue weighted by molar-refractivity contribution is 0.123. The second kappa shape index (κ2) is 4.94. The summed E-state index contributed by atoms with van der Waals surface area (Å²) >= 11 is 0. The van der Waals surface area contributed by atoms with Crippen molar-refractivity contribution in [2.45, 2.75) is 44.9 Å². The van der Waals surface area contributed by atoms with Crippen molar-refractivity contribution in [3.05, 3.63) is 23.3 Å². The first-order valence-corrected chi connectivity index (χ1v) is 6.04. The highest BCUT2D eigenvalue weighted by molar-refractivity contribution is 5.45. The summed E-state index contributed by atoms with van der Waals surface area (Å²) in [6.45, 7) is 1.80. The van der Waals surface area contributed by atoms with E-state index < -0.39 is 6.23 Å². The summed E-state index contributed by atoms with van der Waals surface area (Å²) in [6, 6.07) is 3.22. The fraction of sp³-hybridized carbons (Fsp3) is 0.538. The summed E-state index contributed by atoms with van der Waals surface area (Å²) in [4.78, 5) is 0. The van der Waals surface area contributed by atoms with Gasteiger partial charge in [0.1, 0.15) is 6.23 Å². The molecule has 0 heterocycles. The molecule has 1 atom stereocenters. The van der Waals surface area contributed by atoms with Crippen LogP contribution in [0.3, 0.4) is 0 Å². The molecule has 0 bridgehead atoms. The van der Waals surface area contributed by atoms with Crippen LogP contribution in [-0.4, -0.2) is 21.4 Å². The minimum absolute atomic E-state index is 0.153. The molecule has 4 N–H and O–H groups in total. The molecule has 4 nitrogen and oxygen atoms in total. The van der Waals surface area contributed by atoms with E-state index in [1.807, 2.05) is 0 Å². The molecule has 1 aromatic rings. The first-order chi connectivity index (χ1) is 8.08. The number of nitrogens with one attached hydrogen (secondary N) is 1. The van der Waals surface area contributed by atoms with Crippen LogP contribution in [0.5, 0.6) is 11.5 Å². The molecule has 2 rings (SSSR count). The van der Waals surface area contributed by atoms with Crippen molar-refractivity contribution in [1.82, 2.24) is 5.32 Å². The molecule has 0 aliphatic heterocycles. The van der Waals surface area contributed by atoms with E-state index in [2.05, 4.69) is 5.32 Å². The molecule has 1 unspecified atom stereocenters. The number of aryl methyl sites for hydroxylation is 1. The monoisotopic (exact) mass is 237 g/mol. The molecule has 94 valence electrons. The Hall–Kier alpha value is -1.26. The smallest absolute Gasteiger partial charge is 0.157 e. The maximum absolute atomic E-state index is 10.1. The van der Waals surface area contributed by atoms with Crippen molar-refractivity contribution < 1.29 is 15.3 Å². The highest BCUT2D eigenvalue weighted by atomic mass is 16.3. The molecule has 1 fully saturated rings. The van der Waals surface area contributed by atoms with Crippen LogP contribution >= 0.6 is 0 Å². The molecule has 1 aliphatic rings. The lowest BCUT2D eigenvalue weighted by Crippen LogP contribution is -2.30. The third-order valence-electron chi connectivity index (χ3n) is 3.41. The average Bonchev–Trinajstić information content (AvgIpc) is 2.76. The number of aliphatic hydroxyl groups excluding tert-OH is 1. The topological polar surface area (TPSA) is 72.7 Å². The Morgan fingerprint density at radius 3 is 2.41 bits per heavy atom. The Labute approximate surface area is 101 Å². The summed E-state index contributed by atoms with van der Waals surface area (Å²) < 4.78 is 0. The van der Waals surface area contributed by atoms with Crippen molar-refractivity contribution >= 4 is 0 Å². The molecule has 0 amide bonds. The maximum Gasteiger partial charge on any atom is 0.157 e. The van der Waals surface area contributed by atoms with E-state index in [-0.39, 0.29) is 11.5 Å². The number of phenolic OH excluding ortho intramolecular Hbond substituents is 2. The van der Waals surface area contributed by atoms with Crippen LogP contribution in [0, 0.1) is 6.92 Å². The molecular weight excluding hydrogens is 218 g/mol. The molecule has 1 saturated carbocycles. The Morgan fingerprint density at radius 1 is 1.18 bits per heavy atom. The van der Waals surface area contributed by atoms with Gasteiger partial charge in [0.15, 0.2) is 11.5 Å². The zero-order chi connectivity index (χ0) is 12.4. The van der Waals surface area contributed by atoms with E-state index in [9.17, 15) is 15.3 Å². The third-order valence-corrected chi connectivity index (χ3v) is 3.41.